The smallest absolute Gasteiger partial charge is 0.254 e. The second-order valence-electron chi connectivity index (χ2n) is 7.30. The number of halogens is 1. The van der Waals surface area contributed by atoms with Gasteiger partial charge in [-0.05, 0) is 43.2 Å². The molecule has 0 N–H and O–H groups in total. The normalized spacial score (nSPS) is 17.8. The summed E-state index contributed by atoms with van der Waals surface area (Å²) >= 11 is 0. The lowest BCUT2D eigenvalue weighted by Crippen LogP contribution is -2.40. The zero-order chi connectivity index (χ0) is 20.4. The minimum absolute atomic E-state index is 0.0962. The average molecular weight is 418 g/mol. The van der Waals surface area contributed by atoms with Crippen LogP contribution in [0.15, 0.2) is 53.4 Å². The van der Waals surface area contributed by atoms with Crippen LogP contribution < -0.4 is 0 Å². The van der Waals surface area contributed by atoms with E-state index in [2.05, 4.69) is 0 Å². The minimum atomic E-state index is -3.60. The van der Waals surface area contributed by atoms with E-state index in [0.29, 0.717) is 37.4 Å². The molecule has 0 bridgehead atoms. The van der Waals surface area contributed by atoms with E-state index < -0.39 is 10.0 Å². The first kappa shape index (κ1) is 20.0. The van der Waals surface area contributed by atoms with Crippen molar-refractivity contribution < 1.29 is 22.3 Å². The summed E-state index contributed by atoms with van der Waals surface area (Å²) in [5, 5.41) is 0. The predicted octanol–water partition coefficient (Wildman–Crippen LogP) is 2.65. The van der Waals surface area contributed by atoms with Gasteiger partial charge in [-0.1, -0.05) is 18.2 Å². The van der Waals surface area contributed by atoms with Gasteiger partial charge in [0.15, 0.2) is 0 Å². The van der Waals surface area contributed by atoms with Crippen LogP contribution in [0.3, 0.4) is 0 Å². The Morgan fingerprint density at radius 3 is 2.34 bits per heavy atom. The van der Waals surface area contributed by atoms with E-state index in [0.717, 1.165) is 12.8 Å². The Balaban J connectivity index is 1.53. The number of benzene rings is 2. The van der Waals surface area contributed by atoms with E-state index in [4.69, 9.17) is 4.74 Å². The molecule has 0 atom stereocenters. The Morgan fingerprint density at radius 1 is 1.07 bits per heavy atom. The van der Waals surface area contributed by atoms with Gasteiger partial charge in [-0.25, -0.2) is 12.8 Å². The standard InChI is InChI=1S/C21H23FN2O4S/c22-20-4-2-1-3-17(20)15-24(18-7-8-18)21(25)16-5-9-19(10-6-16)29(26,27)23-11-13-28-14-12-23/h1-6,9-10,18H,7-8,11-15H2. The van der Waals surface area contributed by atoms with Crippen LogP contribution in [0.25, 0.3) is 0 Å². The van der Waals surface area contributed by atoms with Gasteiger partial charge in [-0.3, -0.25) is 4.79 Å². The quantitative estimate of drug-likeness (QED) is 0.723. The van der Waals surface area contributed by atoms with Crippen LogP contribution >= 0.6 is 0 Å². The second-order valence-corrected chi connectivity index (χ2v) is 9.23. The van der Waals surface area contributed by atoms with Gasteiger partial charge >= 0.3 is 0 Å². The Morgan fingerprint density at radius 2 is 1.72 bits per heavy atom. The predicted molar refractivity (Wildman–Crippen MR) is 105 cm³/mol. The first-order valence-corrected chi connectivity index (χ1v) is 11.1. The molecule has 4 rings (SSSR count). The van der Waals surface area contributed by atoms with Crippen LogP contribution in [0.5, 0.6) is 0 Å². The summed E-state index contributed by atoms with van der Waals surface area (Å²) in [7, 11) is -3.60. The van der Waals surface area contributed by atoms with Gasteiger partial charge in [0.25, 0.3) is 5.91 Å². The lowest BCUT2D eigenvalue weighted by atomic mass is 10.1. The molecule has 0 spiro atoms. The van der Waals surface area contributed by atoms with Gasteiger partial charge in [0.1, 0.15) is 5.82 Å². The third-order valence-corrected chi connectivity index (χ3v) is 7.17. The van der Waals surface area contributed by atoms with Crippen LogP contribution in [-0.4, -0.2) is 55.9 Å². The molecule has 1 saturated carbocycles. The number of carbonyl (C=O) groups is 1. The molecule has 2 aromatic rings. The number of rotatable bonds is 6. The molecule has 1 aliphatic heterocycles. The summed E-state index contributed by atoms with van der Waals surface area (Å²) in [5.41, 5.74) is 0.869. The maximum atomic E-state index is 14.0. The Kier molecular flexibility index (Phi) is 5.67. The van der Waals surface area contributed by atoms with E-state index in [1.54, 1.807) is 23.1 Å². The van der Waals surface area contributed by atoms with E-state index in [1.165, 1.54) is 34.6 Å². The second kappa shape index (κ2) is 8.22. The van der Waals surface area contributed by atoms with Crippen LogP contribution in [0.4, 0.5) is 4.39 Å². The van der Waals surface area contributed by atoms with E-state index in [-0.39, 0.29) is 29.2 Å². The molecule has 1 heterocycles. The van der Waals surface area contributed by atoms with Crippen LogP contribution in [0.1, 0.15) is 28.8 Å². The van der Waals surface area contributed by atoms with Crippen molar-refractivity contribution in [2.24, 2.45) is 0 Å². The third-order valence-electron chi connectivity index (χ3n) is 5.26. The highest BCUT2D eigenvalue weighted by atomic mass is 32.2. The van der Waals surface area contributed by atoms with Crippen molar-refractivity contribution >= 4 is 15.9 Å². The molecule has 1 amide bonds. The SMILES string of the molecule is O=C(c1ccc(S(=O)(=O)N2CCOCC2)cc1)N(Cc1ccccc1F)C1CC1. The lowest BCUT2D eigenvalue weighted by molar-refractivity contribution is 0.0728. The Hall–Kier alpha value is -2.29. The summed E-state index contributed by atoms with van der Waals surface area (Å²) in [5.74, 6) is -0.552. The molecule has 29 heavy (non-hydrogen) atoms. The van der Waals surface area contributed by atoms with Crippen molar-refractivity contribution in [1.82, 2.24) is 9.21 Å². The first-order valence-electron chi connectivity index (χ1n) is 9.69. The zero-order valence-corrected chi connectivity index (χ0v) is 16.8. The average Bonchev–Trinajstić information content (AvgIpc) is 3.59. The number of amides is 1. The number of hydrogen-bond donors (Lipinski definition) is 0. The molecule has 1 aliphatic carbocycles. The molecule has 2 aliphatic rings. The molecular formula is C21H23FN2O4S. The molecule has 2 aromatic carbocycles. The molecular weight excluding hydrogens is 395 g/mol. The van der Waals surface area contributed by atoms with Gasteiger partial charge in [0.05, 0.1) is 18.1 Å². The van der Waals surface area contributed by atoms with Crippen molar-refractivity contribution in [2.75, 3.05) is 26.3 Å². The fourth-order valence-electron chi connectivity index (χ4n) is 3.43. The third kappa shape index (κ3) is 4.34. The van der Waals surface area contributed by atoms with Crippen molar-refractivity contribution in [3.05, 3.63) is 65.5 Å². The molecule has 0 aromatic heterocycles. The Bertz CT molecular complexity index is 984. The van der Waals surface area contributed by atoms with Crippen molar-refractivity contribution in [2.45, 2.75) is 30.3 Å². The number of carbonyl (C=O) groups excluding carboxylic acids is 1. The van der Waals surface area contributed by atoms with Crippen LogP contribution in [-0.2, 0) is 21.3 Å². The highest BCUT2D eigenvalue weighted by molar-refractivity contribution is 7.89. The largest absolute Gasteiger partial charge is 0.379 e. The lowest BCUT2D eigenvalue weighted by Gasteiger charge is -2.26. The van der Waals surface area contributed by atoms with Crippen molar-refractivity contribution in [3.63, 3.8) is 0 Å². The molecule has 6 nitrogen and oxygen atoms in total. The monoisotopic (exact) mass is 418 g/mol. The van der Waals surface area contributed by atoms with E-state index >= 15 is 0 Å². The molecule has 154 valence electrons. The topological polar surface area (TPSA) is 66.9 Å². The molecule has 0 radical (unpaired) electrons. The number of hydrogen-bond acceptors (Lipinski definition) is 4. The fourth-order valence-corrected chi connectivity index (χ4v) is 4.84. The van der Waals surface area contributed by atoms with Gasteiger partial charge in [0.2, 0.25) is 10.0 Å². The van der Waals surface area contributed by atoms with Crippen LogP contribution in [0.2, 0.25) is 0 Å². The highest BCUT2D eigenvalue weighted by Gasteiger charge is 2.34. The van der Waals surface area contributed by atoms with Gasteiger partial charge in [-0.15, -0.1) is 0 Å². The highest BCUT2D eigenvalue weighted by Crippen LogP contribution is 2.30. The maximum absolute atomic E-state index is 14.0. The van der Waals surface area contributed by atoms with E-state index in [1.807, 2.05) is 0 Å². The maximum Gasteiger partial charge on any atom is 0.254 e. The van der Waals surface area contributed by atoms with Crippen LogP contribution in [0, 0.1) is 5.82 Å². The summed E-state index contributed by atoms with van der Waals surface area (Å²) in [6, 6.07) is 12.5. The fraction of sp³-hybridized carbons (Fsp3) is 0.381. The number of sulfonamides is 1. The molecule has 1 saturated heterocycles. The van der Waals surface area contributed by atoms with Gasteiger partial charge < -0.3 is 9.64 Å². The number of nitrogens with zero attached hydrogens (tertiary/aromatic N) is 2. The molecule has 2 fully saturated rings. The summed E-state index contributed by atoms with van der Waals surface area (Å²) in [4.78, 5) is 14.9. The van der Waals surface area contributed by atoms with Crippen molar-refractivity contribution in [3.8, 4) is 0 Å². The molecule has 8 heteroatoms. The zero-order valence-electron chi connectivity index (χ0n) is 16.0. The number of morpholine rings is 1. The van der Waals surface area contributed by atoms with Gasteiger partial charge in [0, 0.05) is 36.8 Å². The minimum Gasteiger partial charge on any atom is -0.379 e. The summed E-state index contributed by atoms with van der Waals surface area (Å²) in [6.07, 6.45) is 1.79. The molecule has 0 unspecified atom stereocenters. The summed E-state index contributed by atoms with van der Waals surface area (Å²) < 4.78 is 46.1. The number of ether oxygens (including phenoxy) is 1. The summed E-state index contributed by atoms with van der Waals surface area (Å²) in [6.45, 7) is 1.59. The van der Waals surface area contributed by atoms with E-state index in [9.17, 15) is 17.6 Å². The van der Waals surface area contributed by atoms with Gasteiger partial charge in [-0.2, -0.15) is 4.31 Å². The first-order chi connectivity index (χ1) is 14.0. The van der Waals surface area contributed by atoms with Crippen molar-refractivity contribution in [1.29, 1.82) is 0 Å². The Labute approximate surface area is 169 Å².